The van der Waals surface area contributed by atoms with E-state index in [1.807, 2.05) is 34.6 Å². The van der Waals surface area contributed by atoms with E-state index >= 15 is 0 Å². The van der Waals surface area contributed by atoms with E-state index in [9.17, 15) is 9.90 Å². The maximum atomic E-state index is 11.7. The van der Waals surface area contributed by atoms with E-state index < -0.39 is 6.10 Å². The summed E-state index contributed by atoms with van der Waals surface area (Å²) in [5, 5.41) is 15.6. The first kappa shape index (κ1) is 18.4. The summed E-state index contributed by atoms with van der Waals surface area (Å²) >= 11 is 0. The van der Waals surface area contributed by atoms with Gasteiger partial charge >= 0.3 is 0 Å². The molecule has 0 aliphatic heterocycles. The number of carbonyl (C=O) groups excluding carboxylic acids is 1. The molecule has 0 bridgehead atoms. The van der Waals surface area contributed by atoms with Crippen LogP contribution in [-0.2, 0) is 9.53 Å². The molecule has 0 aromatic rings. The second-order valence-corrected chi connectivity index (χ2v) is 6.35. The van der Waals surface area contributed by atoms with Crippen molar-refractivity contribution in [3.63, 3.8) is 0 Å². The summed E-state index contributed by atoms with van der Waals surface area (Å²) in [5.74, 6) is 0.388. The summed E-state index contributed by atoms with van der Waals surface area (Å²) in [4.78, 5) is 11.7. The summed E-state index contributed by atoms with van der Waals surface area (Å²) < 4.78 is 5.47. The lowest BCUT2D eigenvalue weighted by Gasteiger charge is -2.23. The highest BCUT2D eigenvalue weighted by Gasteiger charge is 2.16. The molecule has 114 valence electrons. The van der Waals surface area contributed by atoms with Crippen molar-refractivity contribution in [1.82, 2.24) is 10.6 Å². The third-order valence-electron chi connectivity index (χ3n) is 2.45. The van der Waals surface area contributed by atoms with E-state index in [1.54, 1.807) is 6.92 Å². The van der Waals surface area contributed by atoms with Crippen molar-refractivity contribution in [3.8, 4) is 0 Å². The molecule has 0 saturated carbocycles. The zero-order chi connectivity index (χ0) is 15.1. The summed E-state index contributed by atoms with van der Waals surface area (Å²) in [6.45, 7) is 13.0. The Bertz CT molecular complexity index is 262. The van der Waals surface area contributed by atoms with Gasteiger partial charge in [-0.25, -0.2) is 0 Å². The van der Waals surface area contributed by atoms with Gasteiger partial charge in [0.05, 0.1) is 24.4 Å². The molecule has 5 nitrogen and oxygen atoms in total. The molecule has 0 aliphatic carbocycles. The zero-order valence-corrected chi connectivity index (χ0v) is 13.1. The van der Waals surface area contributed by atoms with Gasteiger partial charge in [0.1, 0.15) is 0 Å². The zero-order valence-electron chi connectivity index (χ0n) is 13.1. The number of ether oxygens (including phenoxy) is 1. The van der Waals surface area contributed by atoms with Crippen molar-refractivity contribution in [2.24, 2.45) is 5.92 Å². The van der Waals surface area contributed by atoms with E-state index in [2.05, 4.69) is 10.6 Å². The van der Waals surface area contributed by atoms with Crippen LogP contribution >= 0.6 is 0 Å². The van der Waals surface area contributed by atoms with Gasteiger partial charge in [-0.05, 0) is 33.6 Å². The van der Waals surface area contributed by atoms with E-state index in [1.165, 1.54) is 0 Å². The van der Waals surface area contributed by atoms with Gasteiger partial charge in [-0.1, -0.05) is 13.8 Å². The van der Waals surface area contributed by atoms with Crippen molar-refractivity contribution < 1.29 is 14.6 Å². The van der Waals surface area contributed by atoms with Gasteiger partial charge in [-0.3, -0.25) is 4.79 Å². The molecule has 19 heavy (non-hydrogen) atoms. The third-order valence-corrected chi connectivity index (χ3v) is 2.45. The highest BCUT2D eigenvalue weighted by Crippen LogP contribution is 2.06. The average Bonchev–Trinajstić information content (AvgIpc) is 2.29. The lowest BCUT2D eigenvalue weighted by molar-refractivity contribution is -0.123. The Labute approximate surface area is 117 Å². The monoisotopic (exact) mass is 274 g/mol. The molecule has 5 heteroatoms. The van der Waals surface area contributed by atoms with E-state index in [-0.39, 0.29) is 24.2 Å². The molecular weight excluding hydrogens is 244 g/mol. The van der Waals surface area contributed by atoms with Crippen LogP contribution in [0.15, 0.2) is 0 Å². The van der Waals surface area contributed by atoms with Crippen LogP contribution in [0.2, 0.25) is 0 Å². The second kappa shape index (κ2) is 8.51. The summed E-state index contributed by atoms with van der Waals surface area (Å²) in [5.41, 5.74) is -0.263. The van der Waals surface area contributed by atoms with Crippen LogP contribution < -0.4 is 10.6 Å². The fourth-order valence-electron chi connectivity index (χ4n) is 1.27. The summed E-state index contributed by atoms with van der Waals surface area (Å²) in [7, 11) is 0. The van der Waals surface area contributed by atoms with Crippen molar-refractivity contribution in [2.45, 2.75) is 59.3 Å². The van der Waals surface area contributed by atoms with Crippen LogP contribution in [0.3, 0.4) is 0 Å². The fourth-order valence-corrected chi connectivity index (χ4v) is 1.27. The number of nitrogens with one attached hydrogen (secondary N) is 2. The standard InChI is InChI=1S/C14H30N2O3/c1-10(2)7-16-13(18)11(3)15-8-12(17)9-19-14(4,5)6/h10-12,15,17H,7-9H2,1-6H3,(H,16,18). The first-order valence-electron chi connectivity index (χ1n) is 6.95. The lowest BCUT2D eigenvalue weighted by Crippen LogP contribution is -2.46. The molecule has 0 saturated heterocycles. The van der Waals surface area contributed by atoms with Crippen LogP contribution in [0.4, 0.5) is 0 Å². The number of rotatable bonds is 8. The Morgan fingerprint density at radius 3 is 2.26 bits per heavy atom. The Morgan fingerprint density at radius 1 is 1.21 bits per heavy atom. The Kier molecular flexibility index (Phi) is 8.22. The topological polar surface area (TPSA) is 70.6 Å². The highest BCUT2D eigenvalue weighted by atomic mass is 16.5. The number of hydrogen-bond acceptors (Lipinski definition) is 4. The summed E-state index contributed by atoms with van der Waals surface area (Å²) in [6.07, 6.45) is -0.612. The van der Waals surface area contributed by atoms with Gasteiger partial charge < -0.3 is 20.5 Å². The molecule has 0 rings (SSSR count). The van der Waals surface area contributed by atoms with E-state index in [0.29, 0.717) is 19.0 Å². The predicted octanol–water partition coefficient (Wildman–Crippen LogP) is 0.913. The quantitative estimate of drug-likeness (QED) is 0.615. The smallest absolute Gasteiger partial charge is 0.236 e. The molecule has 0 heterocycles. The number of amides is 1. The minimum atomic E-state index is -0.612. The van der Waals surface area contributed by atoms with Crippen LogP contribution in [0, 0.1) is 5.92 Å². The maximum Gasteiger partial charge on any atom is 0.236 e. The average molecular weight is 274 g/mol. The first-order valence-corrected chi connectivity index (χ1v) is 6.95. The van der Waals surface area contributed by atoms with Gasteiger partial charge in [0, 0.05) is 13.1 Å². The molecule has 1 amide bonds. The van der Waals surface area contributed by atoms with Crippen molar-refractivity contribution in [3.05, 3.63) is 0 Å². The number of hydrogen-bond donors (Lipinski definition) is 3. The Balaban J connectivity index is 3.82. The summed E-state index contributed by atoms with van der Waals surface area (Å²) in [6, 6.07) is -0.317. The van der Waals surface area contributed by atoms with Crippen LogP contribution in [-0.4, -0.2) is 48.5 Å². The largest absolute Gasteiger partial charge is 0.389 e. The second-order valence-electron chi connectivity index (χ2n) is 6.35. The molecule has 0 aliphatic rings. The van der Waals surface area contributed by atoms with E-state index in [4.69, 9.17) is 4.74 Å². The molecule has 0 radical (unpaired) electrons. The minimum Gasteiger partial charge on any atom is -0.389 e. The van der Waals surface area contributed by atoms with Crippen molar-refractivity contribution >= 4 is 5.91 Å². The minimum absolute atomic E-state index is 0.0439. The molecule has 0 spiro atoms. The van der Waals surface area contributed by atoms with Gasteiger partial charge in [0.25, 0.3) is 0 Å². The number of aliphatic hydroxyl groups excluding tert-OH is 1. The van der Waals surface area contributed by atoms with Gasteiger partial charge in [0.2, 0.25) is 5.91 Å². The Hall–Kier alpha value is -0.650. The first-order chi connectivity index (χ1) is 8.61. The van der Waals surface area contributed by atoms with Crippen LogP contribution in [0.5, 0.6) is 0 Å². The van der Waals surface area contributed by atoms with Crippen molar-refractivity contribution in [2.75, 3.05) is 19.7 Å². The van der Waals surface area contributed by atoms with Gasteiger partial charge in [-0.15, -0.1) is 0 Å². The number of carbonyl (C=O) groups is 1. The van der Waals surface area contributed by atoms with Gasteiger partial charge in [-0.2, -0.15) is 0 Å². The molecule has 2 atom stereocenters. The number of aliphatic hydroxyl groups is 1. The molecule has 0 aromatic carbocycles. The van der Waals surface area contributed by atoms with Gasteiger partial charge in [0.15, 0.2) is 0 Å². The maximum absolute atomic E-state index is 11.7. The highest BCUT2D eigenvalue weighted by molar-refractivity contribution is 5.81. The normalized spacial score (nSPS) is 15.4. The third kappa shape index (κ3) is 10.9. The van der Waals surface area contributed by atoms with Crippen LogP contribution in [0.25, 0.3) is 0 Å². The Morgan fingerprint density at radius 2 is 1.79 bits per heavy atom. The van der Waals surface area contributed by atoms with Crippen LogP contribution in [0.1, 0.15) is 41.5 Å². The molecule has 2 unspecified atom stereocenters. The fraction of sp³-hybridized carbons (Fsp3) is 0.929. The van der Waals surface area contributed by atoms with Crippen molar-refractivity contribution in [1.29, 1.82) is 0 Å². The SMILES string of the molecule is CC(C)CNC(=O)C(C)NCC(O)COC(C)(C)C. The lowest BCUT2D eigenvalue weighted by atomic mass is 10.2. The molecule has 3 N–H and O–H groups in total. The predicted molar refractivity (Wildman–Crippen MR) is 77.0 cm³/mol. The molecule has 0 fully saturated rings. The molecule has 0 aromatic heterocycles. The van der Waals surface area contributed by atoms with E-state index in [0.717, 1.165) is 0 Å². The molecular formula is C14H30N2O3.